The van der Waals surface area contributed by atoms with Gasteiger partial charge >= 0.3 is 0 Å². The monoisotopic (exact) mass is 377 g/mol. The Morgan fingerprint density at radius 2 is 2.12 bits per heavy atom. The molecule has 3 rings (SSSR count). The molecule has 1 aromatic carbocycles. The largest absolute Gasteiger partial charge is 0.330 e. The number of rotatable bonds is 4. The van der Waals surface area contributed by atoms with Crippen molar-refractivity contribution < 1.29 is 9.18 Å². The molecule has 6 heteroatoms. The van der Waals surface area contributed by atoms with Crippen LogP contribution in [0.25, 0.3) is 0 Å². The van der Waals surface area contributed by atoms with Gasteiger partial charge in [-0.15, -0.1) is 12.4 Å². The predicted molar refractivity (Wildman–Crippen MR) is 103 cm³/mol. The molecule has 26 heavy (non-hydrogen) atoms. The van der Waals surface area contributed by atoms with Crippen molar-refractivity contribution in [1.82, 2.24) is 15.2 Å². The van der Waals surface area contributed by atoms with Crippen molar-refractivity contribution in [2.24, 2.45) is 0 Å². The summed E-state index contributed by atoms with van der Waals surface area (Å²) in [4.78, 5) is 19.5. The molecular weight excluding hydrogens is 353 g/mol. The van der Waals surface area contributed by atoms with Crippen molar-refractivity contribution >= 4 is 18.3 Å². The van der Waals surface area contributed by atoms with Crippen LogP contribution in [-0.4, -0.2) is 34.9 Å². The third kappa shape index (κ3) is 5.02. The molecular formula is C20H25ClFN3O. The first-order chi connectivity index (χ1) is 12.1. The van der Waals surface area contributed by atoms with Gasteiger partial charge in [0.1, 0.15) is 5.82 Å². The van der Waals surface area contributed by atoms with Gasteiger partial charge in [0.2, 0.25) is 0 Å². The van der Waals surface area contributed by atoms with Gasteiger partial charge in [-0.1, -0.05) is 6.07 Å². The summed E-state index contributed by atoms with van der Waals surface area (Å²) in [7, 11) is 0. The molecule has 2 heterocycles. The number of nitrogens with zero attached hydrogens (tertiary/aromatic N) is 2. The molecule has 0 bridgehead atoms. The Balaban J connectivity index is 0.00000243. The van der Waals surface area contributed by atoms with Crippen molar-refractivity contribution in [3.8, 4) is 0 Å². The standard InChI is InChI=1S/C20H24FN3O.ClH/c1-15-13-16(7-8-19(15)21)20(25)24(14-17-5-2-3-11-23-17)18-6-4-10-22-12-9-18;/h2-3,5,7-8,11,13,18,22H,4,6,9-10,12,14H2,1H3;1H. The van der Waals surface area contributed by atoms with Crippen LogP contribution in [0, 0.1) is 12.7 Å². The van der Waals surface area contributed by atoms with E-state index in [0.29, 0.717) is 17.7 Å². The second-order valence-corrected chi connectivity index (χ2v) is 6.55. The number of aryl methyl sites for hydroxylation is 1. The van der Waals surface area contributed by atoms with Gasteiger partial charge in [-0.25, -0.2) is 4.39 Å². The average Bonchev–Trinajstić information content (AvgIpc) is 2.91. The second kappa shape index (κ2) is 9.64. The zero-order valence-electron chi connectivity index (χ0n) is 15.0. The number of aromatic nitrogens is 1. The van der Waals surface area contributed by atoms with Gasteiger partial charge in [0.15, 0.2) is 0 Å². The Morgan fingerprint density at radius 3 is 2.85 bits per heavy atom. The molecule has 1 aromatic heterocycles. The fraction of sp³-hybridized carbons (Fsp3) is 0.400. The number of hydrogen-bond acceptors (Lipinski definition) is 3. The molecule has 1 aliphatic heterocycles. The van der Waals surface area contributed by atoms with E-state index >= 15 is 0 Å². The normalized spacial score (nSPS) is 17.1. The Labute approximate surface area is 160 Å². The molecule has 1 aliphatic rings. The number of benzene rings is 1. The van der Waals surface area contributed by atoms with E-state index in [1.807, 2.05) is 23.1 Å². The molecule has 1 unspecified atom stereocenters. The number of nitrogens with one attached hydrogen (secondary N) is 1. The number of halogens is 2. The van der Waals surface area contributed by atoms with Gasteiger partial charge in [0.05, 0.1) is 12.2 Å². The minimum absolute atomic E-state index is 0. The average molecular weight is 378 g/mol. The molecule has 1 N–H and O–H groups in total. The molecule has 2 aromatic rings. The van der Waals surface area contributed by atoms with Crippen molar-refractivity contribution in [2.45, 2.75) is 38.8 Å². The Bertz CT molecular complexity index is 718. The summed E-state index contributed by atoms with van der Waals surface area (Å²) in [6.07, 6.45) is 4.66. The lowest BCUT2D eigenvalue weighted by atomic mass is 10.0. The van der Waals surface area contributed by atoms with E-state index in [1.165, 1.54) is 6.07 Å². The van der Waals surface area contributed by atoms with Crippen LogP contribution in [-0.2, 0) is 6.54 Å². The highest BCUT2D eigenvalue weighted by molar-refractivity contribution is 5.94. The first-order valence-electron chi connectivity index (χ1n) is 8.83. The van der Waals surface area contributed by atoms with Crippen LogP contribution < -0.4 is 5.32 Å². The smallest absolute Gasteiger partial charge is 0.254 e. The van der Waals surface area contributed by atoms with Gasteiger partial charge < -0.3 is 10.2 Å². The third-order valence-electron chi connectivity index (χ3n) is 4.71. The van der Waals surface area contributed by atoms with Crippen molar-refractivity contribution in [2.75, 3.05) is 13.1 Å². The SMILES string of the molecule is Cc1cc(C(=O)N(Cc2ccccn2)C2CCCNCC2)ccc1F.Cl. The lowest BCUT2D eigenvalue weighted by Crippen LogP contribution is -2.40. The molecule has 1 atom stereocenters. The van der Waals surface area contributed by atoms with Crippen LogP contribution in [0.2, 0.25) is 0 Å². The van der Waals surface area contributed by atoms with Crippen LogP contribution in [0.4, 0.5) is 4.39 Å². The van der Waals surface area contributed by atoms with E-state index in [4.69, 9.17) is 0 Å². The number of pyridine rings is 1. The molecule has 4 nitrogen and oxygen atoms in total. The van der Waals surface area contributed by atoms with Crippen LogP contribution in [0.1, 0.15) is 40.9 Å². The van der Waals surface area contributed by atoms with Gasteiger partial charge in [-0.05, 0) is 75.2 Å². The first kappa shape index (κ1) is 20.3. The number of amides is 1. The van der Waals surface area contributed by atoms with Gasteiger partial charge in [0, 0.05) is 17.8 Å². The Kier molecular flexibility index (Phi) is 7.54. The van der Waals surface area contributed by atoms with Crippen LogP contribution in [0.5, 0.6) is 0 Å². The highest BCUT2D eigenvalue weighted by Crippen LogP contribution is 2.20. The maximum atomic E-state index is 13.6. The van der Waals surface area contributed by atoms with E-state index in [9.17, 15) is 9.18 Å². The van der Waals surface area contributed by atoms with E-state index in [1.54, 1.807) is 25.3 Å². The fourth-order valence-electron chi connectivity index (χ4n) is 3.29. The maximum absolute atomic E-state index is 13.6. The topological polar surface area (TPSA) is 45.2 Å². The molecule has 0 spiro atoms. The minimum Gasteiger partial charge on any atom is -0.330 e. The molecule has 0 saturated carbocycles. The minimum atomic E-state index is -0.286. The molecule has 0 aliphatic carbocycles. The molecule has 140 valence electrons. The van der Waals surface area contributed by atoms with Gasteiger partial charge in [0.25, 0.3) is 5.91 Å². The molecule has 1 amide bonds. The summed E-state index contributed by atoms with van der Waals surface area (Å²) in [5.74, 6) is -0.341. The van der Waals surface area contributed by atoms with Crippen molar-refractivity contribution in [3.63, 3.8) is 0 Å². The van der Waals surface area contributed by atoms with E-state index in [-0.39, 0.29) is 30.2 Å². The zero-order chi connectivity index (χ0) is 17.6. The summed E-state index contributed by atoms with van der Waals surface area (Å²) in [6.45, 7) is 4.04. The second-order valence-electron chi connectivity index (χ2n) is 6.55. The highest BCUT2D eigenvalue weighted by Gasteiger charge is 2.26. The van der Waals surface area contributed by atoms with Crippen LogP contribution in [0.3, 0.4) is 0 Å². The summed E-state index contributed by atoms with van der Waals surface area (Å²) >= 11 is 0. The maximum Gasteiger partial charge on any atom is 0.254 e. The Hall–Kier alpha value is -1.98. The number of hydrogen-bond donors (Lipinski definition) is 1. The van der Waals surface area contributed by atoms with Crippen LogP contribution >= 0.6 is 12.4 Å². The third-order valence-corrected chi connectivity index (χ3v) is 4.71. The van der Waals surface area contributed by atoms with Gasteiger partial charge in [-0.3, -0.25) is 9.78 Å². The zero-order valence-corrected chi connectivity index (χ0v) is 15.8. The van der Waals surface area contributed by atoms with Crippen molar-refractivity contribution in [3.05, 3.63) is 65.2 Å². The Morgan fingerprint density at radius 1 is 1.27 bits per heavy atom. The lowest BCUT2D eigenvalue weighted by molar-refractivity contribution is 0.0642. The van der Waals surface area contributed by atoms with E-state index in [0.717, 1.165) is 38.0 Å². The summed E-state index contributed by atoms with van der Waals surface area (Å²) in [5.41, 5.74) is 1.89. The van der Waals surface area contributed by atoms with Gasteiger partial charge in [-0.2, -0.15) is 0 Å². The first-order valence-corrected chi connectivity index (χ1v) is 8.83. The van der Waals surface area contributed by atoms with E-state index < -0.39 is 0 Å². The summed E-state index contributed by atoms with van der Waals surface area (Å²) < 4.78 is 13.6. The fourth-order valence-corrected chi connectivity index (χ4v) is 3.29. The quantitative estimate of drug-likeness (QED) is 0.882. The van der Waals surface area contributed by atoms with Crippen LogP contribution in [0.15, 0.2) is 42.6 Å². The highest BCUT2D eigenvalue weighted by atomic mass is 35.5. The van der Waals surface area contributed by atoms with Crippen molar-refractivity contribution in [1.29, 1.82) is 0 Å². The predicted octanol–water partition coefficient (Wildman–Crippen LogP) is 3.74. The summed E-state index contributed by atoms with van der Waals surface area (Å²) in [5, 5.41) is 3.39. The summed E-state index contributed by atoms with van der Waals surface area (Å²) in [6, 6.07) is 10.5. The molecule has 0 radical (unpaired) electrons. The lowest BCUT2D eigenvalue weighted by Gasteiger charge is -2.31. The number of carbonyl (C=O) groups is 1. The number of carbonyl (C=O) groups excluding carboxylic acids is 1. The van der Waals surface area contributed by atoms with E-state index in [2.05, 4.69) is 10.3 Å². The molecule has 1 saturated heterocycles. The molecule has 1 fully saturated rings.